The average Bonchev–Trinajstić information content (AvgIpc) is 2.96. The average molecular weight is 444 g/mol. The van der Waals surface area contributed by atoms with Crippen LogP contribution in [0.4, 0.5) is 10.5 Å². The van der Waals surface area contributed by atoms with Gasteiger partial charge in [0.2, 0.25) is 5.91 Å². The van der Waals surface area contributed by atoms with Crippen LogP contribution in [-0.2, 0) is 9.59 Å². The van der Waals surface area contributed by atoms with E-state index >= 15 is 0 Å². The van der Waals surface area contributed by atoms with E-state index in [1.165, 1.54) is 4.90 Å². The third-order valence-corrected chi connectivity index (χ3v) is 5.34. The Hall–Kier alpha value is -2.67. The number of rotatable bonds is 6. The quantitative estimate of drug-likeness (QED) is 0.657. The van der Waals surface area contributed by atoms with Crippen LogP contribution in [0.3, 0.4) is 0 Å². The lowest BCUT2D eigenvalue weighted by atomic mass is 10.1. The fourth-order valence-corrected chi connectivity index (χ4v) is 3.72. The van der Waals surface area contributed by atoms with Crippen molar-refractivity contribution in [3.63, 3.8) is 0 Å². The molecule has 7 heteroatoms. The first-order valence-corrected chi connectivity index (χ1v) is 9.90. The summed E-state index contributed by atoms with van der Waals surface area (Å²) in [6.07, 6.45) is 0.393. The van der Waals surface area contributed by atoms with Crippen LogP contribution >= 0.6 is 15.9 Å². The lowest BCUT2D eigenvalue weighted by molar-refractivity contribution is -0.129. The Kier molecular flexibility index (Phi) is 6.14. The maximum Gasteiger partial charge on any atom is 0.325 e. The van der Waals surface area contributed by atoms with E-state index in [9.17, 15) is 14.4 Å². The van der Waals surface area contributed by atoms with E-state index < -0.39 is 12.1 Å². The summed E-state index contributed by atoms with van der Waals surface area (Å²) in [6.45, 7) is 3.72. The van der Waals surface area contributed by atoms with Crippen LogP contribution in [0.2, 0.25) is 0 Å². The summed E-state index contributed by atoms with van der Waals surface area (Å²) in [5, 5.41) is 5.54. The van der Waals surface area contributed by atoms with Gasteiger partial charge in [0.1, 0.15) is 6.04 Å². The van der Waals surface area contributed by atoms with Gasteiger partial charge >= 0.3 is 6.03 Å². The number of nitrogens with one attached hydrogen (secondary N) is 2. The summed E-state index contributed by atoms with van der Waals surface area (Å²) in [5.74, 6) is -0.490. The van der Waals surface area contributed by atoms with E-state index in [2.05, 4.69) is 26.6 Å². The minimum absolute atomic E-state index is 0.139. The van der Waals surface area contributed by atoms with Crippen molar-refractivity contribution >= 4 is 39.5 Å². The van der Waals surface area contributed by atoms with Gasteiger partial charge in [-0.25, -0.2) is 4.79 Å². The fourth-order valence-electron chi connectivity index (χ4n) is 3.25. The molecule has 0 aromatic heterocycles. The van der Waals surface area contributed by atoms with Crippen LogP contribution in [0.5, 0.6) is 0 Å². The molecule has 0 radical (unpaired) electrons. The lowest BCUT2D eigenvalue weighted by Crippen LogP contribution is -2.34. The third kappa shape index (κ3) is 4.42. The highest BCUT2D eigenvalue weighted by molar-refractivity contribution is 9.10. The van der Waals surface area contributed by atoms with Gasteiger partial charge in [0.25, 0.3) is 5.91 Å². The van der Waals surface area contributed by atoms with Crippen molar-refractivity contribution in [1.29, 1.82) is 0 Å². The molecule has 4 amide bonds. The number of amides is 4. The molecule has 146 valence electrons. The molecule has 1 aliphatic heterocycles. The van der Waals surface area contributed by atoms with E-state index in [0.29, 0.717) is 0 Å². The number of urea groups is 1. The fraction of sp³-hybridized carbons (Fsp3) is 0.286. The molecule has 0 spiro atoms. The molecule has 2 unspecified atom stereocenters. The van der Waals surface area contributed by atoms with E-state index in [4.69, 9.17) is 0 Å². The number of nitrogens with zero attached hydrogens (tertiary/aromatic N) is 1. The largest absolute Gasteiger partial charge is 0.326 e. The van der Waals surface area contributed by atoms with Gasteiger partial charge in [0.05, 0.1) is 6.04 Å². The minimum atomic E-state index is -0.685. The lowest BCUT2D eigenvalue weighted by Gasteiger charge is -2.21. The maximum atomic E-state index is 12.7. The summed E-state index contributed by atoms with van der Waals surface area (Å²) in [5.41, 5.74) is 2.56. The second-order valence-corrected chi connectivity index (χ2v) is 7.76. The predicted molar refractivity (Wildman–Crippen MR) is 111 cm³/mol. The number of hydrogen-bond donors (Lipinski definition) is 2. The number of aryl methyl sites for hydroxylation is 1. The highest BCUT2D eigenvalue weighted by Crippen LogP contribution is 2.25. The summed E-state index contributed by atoms with van der Waals surface area (Å²) < 4.78 is 0.940. The van der Waals surface area contributed by atoms with Crippen molar-refractivity contribution < 1.29 is 14.4 Å². The number of anilines is 1. The van der Waals surface area contributed by atoms with E-state index in [1.807, 2.05) is 62.4 Å². The SMILES string of the molecule is Cc1cc(Br)ccc1NC(=O)CCC1NC(=O)N(C(C)c2ccccc2)C1=O. The van der Waals surface area contributed by atoms with Crippen molar-refractivity contribution in [3.8, 4) is 0 Å². The van der Waals surface area contributed by atoms with Crippen molar-refractivity contribution in [3.05, 3.63) is 64.1 Å². The molecule has 0 bridgehead atoms. The Morgan fingerprint density at radius 3 is 2.61 bits per heavy atom. The molecule has 1 fully saturated rings. The van der Waals surface area contributed by atoms with Crippen molar-refractivity contribution in [2.45, 2.75) is 38.8 Å². The first-order valence-electron chi connectivity index (χ1n) is 9.11. The van der Waals surface area contributed by atoms with Crippen LogP contribution in [-0.4, -0.2) is 28.8 Å². The molecule has 2 atom stereocenters. The number of hydrogen-bond acceptors (Lipinski definition) is 3. The Morgan fingerprint density at radius 1 is 1.21 bits per heavy atom. The van der Waals surface area contributed by atoms with E-state index in [0.717, 1.165) is 21.3 Å². The maximum absolute atomic E-state index is 12.7. The van der Waals surface area contributed by atoms with Crippen molar-refractivity contribution in [2.75, 3.05) is 5.32 Å². The van der Waals surface area contributed by atoms with E-state index in [-0.39, 0.29) is 30.7 Å². The molecule has 1 aliphatic rings. The van der Waals surface area contributed by atoms with Gasteiger partial charge in [0, 0.05) is 16.6 Å². The molecule has 2 aromatic carbocycles. The Morgan fingerprint density at radius 2 is 1.93 bits per heavy atom. The molecule has 2 N–H and O–H groups in total. The van der Waals surface area contributed by atoms with Crippen molar-refractivity contribution in [2.24, 2.45) is 0 Å². The molecular weight excluding hydrogens is 422 g/mol. The highest BCUT2D eigenvalue weighted by atomic mass is 79.9. The minimum Gasteiger partial charge on any atom is -0.326 e. The molecule has 2 aromatic rings. The molecule has 1 heterocycles. The molecule has 28 heavy (non-hydrogen) atoms. The van der Waals surface area contributed by atoms with Crippen LogP contribution in [0.25, 0.3) is 0 Å². The predicted octanol–water partition coefficient (Wildman–Crippen LogP) is 4.16. The first kappa shape index (κ1) is 20.1. The zero-order valence-electron chi connectivity index (χ0n) is 15.7. The van der Waals surface area contributed by atoms with Crippen molar-refractivity contribution in [1.82, 2.24) is 10.2 Å². The Labute approximate surface area is 172 Å². The van der Waals surface area contributed by atoms with Crippen LogP contribution < -0.4 is 10.6 Å². The number of carbonyl (C=O) groups is 3. The second kappa shape index (κ2) is 8.56. The molecular formula is C21H22BrN3O3. The normalized spacial score (nSPS) is 17.4. The van der Waals surface area contributed by atoms with Gasteiger partial charge in [-0.2, -0.15) is 0 Å². The summed E-state index contributed by atoms with van der Waals surface area (Å²) >= 11 is 3.39. The van der Waals surface area contributed by atoms with E-state index in [1.54, 1.807) is 0 Å². The highest BCUT2D eigenvalue weighted by Gasteiger charge is 2.40. The van der Waals surface area contributed by atoms with Gasteiger partial charge in [-0.05, 0) is 49.6 Å². The summed E-state index contributed by atoms with van der Waals surface area (Å²) in [7, 11) is 0. The van der Waals surface area contributed by atoms with Gasteiger partial charge in [-0.1, -0.05) is 46.3 Å². The van der Waals surface area contributed by atoms with Gasteiger partial charge in [0.15, 0.2) is 0 Å². The number of carbonyl (C=O) groups excluding carboxylic acids is 3. The Bertz CT molecular complexity index is 901. The number of benzene rings is 2. The van der Waals surface area contributed by atoms with Crippen LogP contribution in [0, 0.1) is 6.92 Å². The number of imide groups is 1. The van der Waals surface area contributed by atoms with Gasteiger partial charge < -0.3 is 10.6 Å². The van der Waals surface area contributed by atoms with Crippen LogP contribution in [0.15, 0.2) is 53.0 Å². The third-order valence-electron chi connectivity index (χ3n) is 4.84. The van der Waals surface area contributed by atoms with Crippen LogP contribution in [0.1, 0.15) is 36.9 Å². The molecule has 3 rings (SSSR count). The second-order valence-electron chi connectivity index (χ2n) is 6.84. The summed E-state index contributed by atoms with van der Waals surface area (Å²) in [4.78, 5) is 38.5. The van der Waals surface area contributed by atoms with Gasteiger partial charge in [-0.15, -0.1) is 0 Å². The first-order chi connectivity index (χ1) is 13.4. The molecule has 6 nitrogen and oxygen atoms in total. The van der Waals surface area contributed by atoms with Gasteiger partial charge in [-0.3, -0.25) is 14.5 Å². The zero-order valence-corrected chi connectivity index (χ0v) is 17.3. The topological polar surface area (TPSA) is 78.5 Å². The Balaban J connectivity index is 1.58. The summed E-state index contributed by atoms with van der Waals surface area (Å²) in [6, 6.07) is 13.5. The monoisotopic (exact) mass is 443 g/mol. The smallest absolute Gasteiger partial charge is 0.325 e. The molecule has 0 saturated carbocycles. The zero-order chi connectivity index (χ0) is 20.3. The number of halogens is 1. The standard InChI is InChI=1S/C21H22BrN3O3/c1-13-12-16(22)8-9-17(13)23-19(26)11-10-18-20(27)25(21(28)24-18)14(2)15-6-4-3-5-7-15/h3-9,12,14,18H,10-11H2,1-2H3,(H,23,26)(H,24,28). The molecule has 0 aliphatic carbocycles. The molecule has 1 saturated heterocycles.